The van der Waals surface area contributed by atoms with Crippen molar-refractivity contribution in [2.75, 3.05) is 13.2 Å². The van der Waals surface area contributed by atoms with E-state index in [0.717, 1.165) is 12.8 Å². The normalized spacial score (nSPS) is 17.6. The zero-order chi connectivity index (χ0) is 17.3. The van der Waals surface area contributed by atoms with Crippen molar-refractivity contribution < 1.29 is 14.6 Å². The maximum absolute atomic E-state index is 11.9. The molecule has 4 heteroatoms. The summed E-state index contributed by atoms with van der Waals surface area (Å²) >= 11 is 0. The van der Waals surface area contributed by atoms with Gasteiger partial charge in [0.05, 0.1) is 6.61 Å². The molecule has 0 radical (unpaired) electrons. The van der Waals surface area contributed by atoms with Crippen LogP contribution in [-0.4, -0.2) is 30.0 Å². The van der Waals surface area contributed by atoms with E-state index in [9.17, 15) is 9.90 Å². The minimum Gasteiger partial charge on any atom is -0.444 e. The van der Waals surface area contributed by atoms with Crippen LogP contribution in [0.4, 0.5) is 4.79 Å². The molecule has 0 aromatic carbocycles. The van der Waals surface area contributed by atoms with Crippen molar-refractivity contribution in [1.29, 1.82) is 0 Å². The lowest BCUT2D eigenvalue weighted by atomic mass is 9.78. The first-order valence-corrected chi connectivity index (χ1v) is 9.41. The lowest BCUT2D eigenvalue weighted by molar-refractivity contribution is 0.0420. The van der Waals surface area contributed by atoms with E-state index in [2.05, 4.69) is 12.2 Å². The van der Waals surface area contributed by atoms with Crippen molar-refractivity contribution in [3.05, 3.63) is 0 Å². The minimum atomic E-state index is -0.481. The van der Waals surface area contributed by atoms with Gasteiger partial charge in [0.25, 0.3) is 0 Å². The number of rotatable bonds is 11. The van der Waals surface area contributed by atoms with Crippen LogP contribution in [-0.2, 0) is 4.74 Å². The Morgan fingerprint density at radius 2 is 1.74 bits per heavy atom. The Balaban J connectivity index is 2.40. The van der Waals surface area contributed by atoms with E-state index in [1.165, 1.54) is 44.9 Å². The zero-order valence-electron chi connectivity index (χ0n) is 15.6. The average molecular weight is 328 g/mol. The summed E-state index contributed by atoms with van der Waals surface area (Å²) in [4.78, 5) is 11.9. The smallest absolute Gasteiger partial charge is 0.407 e. The van der Waals surface area contributed by atoms with E-state index >= 15 is 0 Å². The number of hydrogen-bond acceptors (Lipinski definition) is 3. The first-order valence-electron chi connectivity index (χ1n) is 9.41. The molecule has 2 N–H and O–H groups in total. The zero-order valence-corrected chi connectivity index (χ0v) is 15.6. The molecule has 136 valence electrons. The number of carbonyl (C=O) groups excluding carboxylic acids is 1. The van der Waals surface area contributed by atoms with Gasteiger partial charge in [0.15, 0.2) is 0 Å². The summed E-state index contributed by atoms with van der Waals surface area (Å²) in [6, 6.07) is 0. The van der Waals surface area contributed by atoms with Crippen molar-refractivity contribution in [3.63, 3.8) is 0 Å². The number of alkyl carbamates (subject to hydrolysis) is 1. The van der Waals surface area contributed by atoms with Crippen LogP contribution >= 0.6 is 0 Å². The van der Waals surface area contributed by atoms with Gasteiger partial charge in [-0.15, -0.1) is 0 Å². The van der Waals surface area contributed by atoms with E-state index in [1.807, 2.05) is 20.8 Å². The summed E-state index contributed by atoms with van der Waals surface area (Å²) in [6.45, 7) is 8.50. The van der Waals surface area contributed by atoms with E-state index in [-0.39, 0.29) is 18.1 Å². The van der Waals surface area contributed by atoms with Crippen molar-refractivity contribution in [3.8, 4) is 0 Å². The third kappa shape index (κ3) is 8.05. The van der Waals surface area contributed by atoms with Gasteiger partial charge in [0.2, 0.25) is 0 Å². The summed E-state index contributed by atoms with van der Waals surface area (Å²) in [5, 5.41) is 12.9. The van der Waals surface area contributed by atoms with Crippen LogP contribution in [0, 0.1) is 11.3 Å². The summed E-state index contributed by atoms with van der Waals surface area (Å²) in [7, 11) is 0. The summed E-state index contributed by atoms with van der Waals surface area (Å²) in [5.41, 5.74) is -0.632. The number of unbranched alkanes of at least 4 members (excludes halogenated alkanes) is 5. The second kappa shape index (κ2) is 9.51. The van der Waals surface area contributed by atoms with Crippen LogP contribution in [0.5, 0.6) is 0 Å². The summed E-state index contributed by atoms with van der Waals surface area (Å²) in [6.07, 6.45) is 10.5. The van der Waals surface area contributed by atoms with Gasteiger partial charge in [-0.05, 0) is 46.0 Å². The van der Waals surface area contributed by atoms with Crippen LogP contribution in [0.15, 0.2) is 0 Å². The number of ether oxygens (including phenoxy) is 1. The maximum Gasteiger partial charge on any atom is 0.407 e. The Bertz CT molecular complexity index is 347. The highest BCUT2D eigenvalue weighted by molar-refractivity contribution is 5.67. The van der Waals surface area contributed by atoms with Crippen LogP contribution in [0.2, 0.25) is 0 Å². The molecule has 0 aromatic rings. The molecule has 1 fully saturated rings. The topological polar surface area (TPSA) is 58.6 Å². The quantitative estimate of drug-likeness (QED) is 0.543. The Hall–Kier alpha value is -0.770. The molecule has 0 saturated heterocycles. The van der Waals surface area contributed by atoms with E-state index in [4.69, 9.17) is 4.74 Å². The van der Waals surface area contributed by atoms with Gasteiger partial charge in [-0.1, -0.05) is 45.4 Å². The van der Waals surface area contributed by atoms with Gasteiger partial charge in [0, 0.05) is 12.0 Å². The number of hydrogen-bond donors (Lipinski definition) is 2. The van der Waals surface area contributed by atoms with Crippen molar-refractivity contribution in [2.45, 2.75) is 91.1 Å². The number of aliphatic hydroxyl groups is 1. The van der Waals surface area contributed by atoms with E-state index < -0.39 is 5.60 Å². The largest absolute Gasteiger partial charge is 0.444 e. The third-order valence-corrected chi connectivity index (χ3v) is 4.77. The predicted molar refractivity (Wildman–Crippen MR) is 94.5 cm³/mol. The second-order valence-electron chi connectivity index (χ2n) is 8.17. The molecule has 23 heavy (non-hydrogen) atoms. The molecule has 4 nitrogen and oxygen atoms in total. The van der Waals surface area contributed by atoms with E-state index in [0.29, 0.717) is 12.5 Å². The second-order valence-corrected chi connectivity index (χ2v) is 8.17. The fraction of sp³-hybridized carbons (Fsp3) is 0.947. The molecule has 0 heterocycles. The first-order chi connectivity index (χ1) is 10.8. The van der Waals surface area contributed by atoms with E-state index in [1.54, 1.807) is 0 Å². The Labute approximate surface area is 142 Å². The molecule has 1 atom stereocenters. The van der Waals surface area contributed by atoms with Crippen molar-refractivity contribution in [1.82, 2.24) is 5.32 Å². The Morgan fingerprint density at radius 1 is 1.13 bits per heavy atom. The highest BCUT2D eigenvalue weighted by atomic mass is 16.6. The lowest BCUT2D eigenvalue weighted by Crippen LogP contribution is -2.43. The van der Waals surface area contributed by atoms with Crippen LogP contribution in [0.3, 0.4) is 0 Å². The predicted octanol–water partition coefficient (Wildman–Crippen LogP) is 4.65. The number of amides is 1. The minimum absolute atomic E-state index is 0.151. The maximum atomic E-state index is 11.9. The monoisotopic (exact) mass is 327 g/mol. The standard InChI is InChI=1S/C19H37NO3/c1-5-6-7-8-9-10-13-19(15-21,16-11-12-16)14-20-17(22)23-18(2,3)4/h16,21H,5-15H2,1-4H3,(H,20,22). The number of aliphatic hydroxyl groups excluding tert-OH is 1. The highest BCUT2D eigenvalue weighted by Gasteiger charge is 2.44. The molecule has 0 spiro atoms. The lowest BCUT2D eigenvalue weighted by Gasteiger charge is -2.33. The SMILES string of the molecule is CCCCCCCCC(CO)(CNC(=O)OC(C)(C)C)C1CC1. The van der Waals surface area contributed by atoms with Gasteiger partial charge in [-0.25, -0.2) is 4.79 Å². The van der Waals surface area contributed by atoms with Crippen LogP contribution in [0.25, 0.3) is 0 Å². The van der Waals surface area contributed by atoms with Gasteiger partial charge < -0.3 is 15.2 Å². The van der Waals surface area contributed by atoms with Gasteiger partial charge in [-0.3, -0.25) is 0 Å². The fourth-order valence-corrected chi connectivity index (χ4v) is 3.22. The molecule has 1 saturated carbocycles. The molecule has 0 aromatic heterocycles. The van der Waals surface area contributed by atoms with Crippen molar-refractivity contribution in [2.24, 2.45) is 11.3 Å². The molecule has 1 aliphatic carbocycles. The van der Waals surface area contributed by atoms with Gasteiger partial charge in [-0.2, -0.15) is 0 Å². The highest BCUT2D eigenvalue weighted by Crippen LogP contribution is 2.48. The molecule has 1 rings (SSSR count). The number of carbonyl (C=O) groups is 1. The molecule has 0 bridgehead atoms. The average Bonchev–Trinajstić information content (AvgIpc) is 3.29. The molecular formula is C19H37NO3. The van der Waals surface area contributed by atoms with Gasteiger partial charge >= 0.3 is 6.09 Å². The number of nitrogens with one attached hydrogen (secondary N) is 1. The summed E-state index contributed by atoms with van der Waals surface area (Å²) < 4.78 is 5.32. The van der Waals surface area contributed by atoms with Gasteiger partial charge in [0.1, 0.15) is 5.60 Å². The molecule has 1 unspecified atom stereocenters. The summed E-state index contributed by atoms with van der Waals surface area (Å²) in [5.74, 6) is 0.554. The molecular weight excluding hydrogens is 290 g/mol. The van der Waals surface area contributed by atoms with Crippen LogP contribution in [0.1, 0.15) is 85.5 Å². The molecule has 1 amide bonds. The van der Waals surface area contributed by atoms with Crippen LogP contribution < -0.4 is 5.32 Å². The molecule has 1 aliphatic rings. The fourth-order valence-electron chi connectivity index (χ4n) is 3.22. The Kier molecular flexibility index (Phi) is 8.38. The third-order valence-electron chi connectivity index (χ3n) is 4.77. The van der Waals surface area contributed by atoms with Crippen molar-refractivity contribution >= 4 is 6.09 Å². The first kappa shape index (κ1) is 20.3. The Morgan fingerprint density at radius 3 is 2.26 bits per heavy atom. The molecule has 0 aliphatic heterocycles.